The Hall–Kier alpha value is -4.38. The molecule has 0 radical (unpaired) electrons. The zero-order valence-electron chi connectivity index (χ0n) is 36.6. The zero-order valence-corrected chi connectivity index (χ0v) is 38.3. The van der Waals surface area contributed by atoms with Crippen molar-refractivity contribution in [1.82, 2.24) is 0 Å². The van der Waals surface area contributed by atoms with E-state index in [4.69, 9.17) is 13.6 Å². The van der Waals surface area contributed by atoms with Gasteiger partial charge in [0.25, 0.3) is 0 Å². The molecule has 0 spiro atoms. The molecule has 5 nitrogen and oxygen atoms in total. The maximum atomic E-state index is 14.2. The van der Waals surface area contributed by atoms with Gasteiger partial charge in [-0.3, -0.25) is 0 Å². The normalized spacial score (nSPS) is 12.4. The van der Waals surface area contributed by atoms with Crippen LogP contribution in [0.25, 0.3) is 21.5 Å². The van der Waals surface area contributed by atoms with Crippen molar-refractivity contribution in [2.75, 3.05) is 0 Å². The fraction of sp³-hybridized carbons (Fsp3) is 0.373. The first-order valence-electron chi connectivity index (χ1n) is 20.8. The zero-order chi connectivity index (χ0) is 42.2. The van der Waals surface area contributed by atoms with Gasteiger partial charge in [0, 0.05) is 0 Å². The molecular formula is C51H61O5PS. The van der Waals surface area contributed by atoms with Crippen molar-refractivity contribution in [3.8, 4) is 17.2 Å². The molecule has 0 aliphatic heterocycles. The van der Waals surface area contributed by atoms with Gasteiger partial charge in [0.15, 0.2) is 0 Å². The van der Waals surface area contributed by atoms with Crippen molar-refractivity contribution in [2.24, 2.45) is 0 Å². The highest BCUT2D eigenvalue weighted by Gasteiger charge is 2.30. The molecule has 6 rings (SSSR count). The molecule has 0 aromatic heterocycles. The van der Waals surface area contributed by atoms with Gasteiger partial charge in [0.1, 0.15) is 22.1 Å². The van der Waals surface area contributed by atoms with E-state index in [0.29, 0.717) is 23.3 Å². The van der Waals surface area contributed by atoms with Crippen molar-refractivity contribution in [3.05, 3.63) is 136 Å². The van der Waals surface area contributed by atoms with Gasteiger partial charge in [0.2, 0.25) is 9.84 Å². The molecule has 306 valence electrons. The number of hydrogen-bond acceptors (Lipinski definition) is 5. The second-order valence-corrected chi connectivity index (χ2v) is 20.5. The molecule has 0 saturated heterocycles. The summed E-state index contributed by atoms with van der Waals surface area (Å²) in [6.07, 6.45) is 0. The number of hydrogen-bond donors (Lipinski definition) is 0. The Bertz CT molecular complexity index is 2410. The van der Waals surface area contributed by atoms with Gasteiger partial charge < -0.3 is 13.6 Å². The monoisotopic (exact) mass is 816 g/mol. The molecule has 0 unspecified atom stereocenters. The molecule has 0 amide bonds. The molecule has 6 aromatic rings. The Morgan fingerprint density at radius 3 is 1.28 bits per heavy atom. The van der Waals surface area contributed by atoms with Crippen molar-refractivity contribution >= 4 is 40.0 Å². The third-order valence-electron chi connectivity index (χ3n) is 11.1. The van der Waals surface area contributed by atoms with Gasteiger partial charge in [-0.15, -0.1) is 0 Å². The van der Waals surface area contributed by atoms with Crippen molar-refractivity contribution in [2.45, 2.75) is 135 Å². The highest BCUT2D eigenvalue weighted by atomic mass is 32.2. The minimum Gasteiger partial charge on any atom is -0.408 e. The van der Waals surface area contributed by atoms with E-state index in [0.717, 1.165) is 27.5 Å². The predicted molar refractivity (Wildman–Crippen MR) is 244 cm³/mol. The third kappa shape index (κ3) is 9.09. The number of aryl methyl sites for hydroxylation is 1. The van der Waals surface area contributed by atoms with Crippen LogP contribution in [-0.2, 0) is 9.84 Å². The summed E-state index contributed by atoms with van der Waals surface area (Å²) < 4.78 is 49.3. The van der Waals surface area contributed by atoms with Crippen LogP contribution in [-0.4, -0.2) is 8.42 Å². The summed E-state index contributed by atoms with van der Waals surface area (Å²) in [6.45, 7) is 28.4. The Morgan fingerprint density at radius 2 is 0.862 bits per heavy atom. The van der Waals surface area contributed by atoms with E-state index >= 15 is 0 Å². The van der Waals surface area contributed by atoms with E-state index in [1.165, 1.54) is 33.0 Å². The third-order valence-corrected chi connectivity index (χ3v) is 13.9. The summed E-state index contributed by atoms with van der Waals surface area (Å²) in [6, 6.07) is 31.6. The maximum Gasteiger partial charge on any atom is 0.530 e. The van der Waals surface area contributed by atoms with Crippen LogP contribution >= 0.6 is 8.60 Å². The lowest BCUT2D eigenvalue weighted by molar-refractivity contribution is 0.380. The minimum atomic E-state index is -3.96. The fourth-order valence-corrected chi connectivity index (χ4v) is 10.0. The van der Waals surface area contributed by atoms with Crippen LogP contribution < -0.4 is 13.6 Å². The Labute approximate surface area is 349 Å². The summed E-state index contributed by atoms with van der Waals surface area (Å²) in [7, 11) is -6.22. The minimum absolute atomic E-state index is 0.0513. The van der Waals surface area contributed by atoms with E-state index in [1.54, 1.807) is 48.5 Å². The van der Waals surface area contributed by atoms with Crippen LogP contribution in [0.3, 0.4) is 0 Å². The molecular weight excluding hydrogens is 756 g/mol. The van der Waals surface area contributed by atoms with Crippen LogP contribution in [0, 0.1) is 6.92 Å². The second kappa shape index (κ2) is 17.5. The largest absolute Gasteiger partial charge is 0.530 e. The average Bonchev–Trinajstić information content (AvgIpc) is 3.16. The summed E-state index contributed by atoms with van der Waals surface area (Å²) in [5.74, 6) is 3.05. The first kappa shape index (κ1) is 43.2. The van der Waals surface area contributed by atoms with E-state index in [9.17, 15) is 8.42 Å². The van der Waals surface area contributed by atoms with Gasteiger partial charge in [-0.2, -0.15) is 0 Å². The number of sulfone groups is 1. The number of benzene rings is 6. The Morgan fingerprint density at radius 1 is 0.448 bits per heavy atom. The Balaban J connectivity index is 1.56. The van der Waals surface area contributed by atoms with E-state index in [1.807, 2.05) is 6.92 Å². The van der Waals surface area contributed by atoms with E-state index in [2.05, 4.69) is 132 Å². The van der Waals surface area contributed by atoms with Gasteiger partial charge in [0.05, 0.1) is 4.90 Å². The SMILES string of the molecule is Cc1ccc(S(=O)(=O)c2ccccc2OP(Oc2cc3c(C(C)C)cc(C(C)C)cc3cc2C(C)C)Oc2cc3c(C(C)C)cc(C(C)C)cc3cc2C(C)C)cc1. The summed E-state index contributed by atoms with van der Waals surface area (Å²) in [4.78, 5) is 0.243. The Kier molecular flexibility index (Phi) is 13.0. The quantitative estimate of drug-likeness (QED) is 0.102. The fourth-order valence-electron chi connectivity index (χ4n) is 7.50. The number of rotatable bonds is 14. The standard InChI is InChI=1S/C51H61O5PS/c1-30(2)37-22-39-26-44(34(9)10)49(28-46(39)42(24-37)32(5)6)55-57(54-48-16-14-15-17-51(48)58(52,53)41-20-18-36(13)19-21-41)56-50-29-47-40(27-45(50)35(11)12)23-38(31(3)4)25-43(47)33(7)8/h14-35H,1-13H3. The molecule has 6 aromatic carbocycles. The topological polar surface area (TPSA) is 61.8 Å². The average molecular weight is 817 g/mol. The first-order valence-corrected chi connectivity index (χ1v) is 23.4. The molecule has 0 aliphatic carbocycles. The molecule has 0 fully saturated rings. The van der Waals surface area contributed by atoms with Gasteiger partial charge in [-0.25, -0.2) is 8.42 Å². The van der Waals surface area contributed by atoms with Crippen molar-refractivity contribution < 1.29 is 22.0 Å². The second-order valence-electron chi connectivity index (χ2n) is 17.6. The number of fused-ring (bicyclic) bond motifs is 2. The molecule has 0 N–H and O–H groups in total. The lowest BCUT2D eigenvalue weighted by Gasteiger charge is -2.25. The smallest absolute Gasteiger partial charge is 0.408 e. The van der Waals surface area contributed by atoms with Crippen LogP contribution in [0.15, 0.2) is 107 Å². The molecule has 58 heavy (non-hydrogen) atoms. The van der Waals surface area contributed by atoms with Gasteiger partial charge in [-0.05, 0) is 146 Å². The van der Waals surface area contributed by atoms with Crippen LogP contribution in [0.5, 0.6) is 17.2 Å². The summed E-state index contributed by atoms with van der Waals surface area (Å²) >= 11 is 0. The van der Waals surface area contributed by atoms with Crippen LogP contribution in [0.4, 0.5) is 0 Å². The lowest BCUT2D eigenvalue weighted by atomic mass is 9.88. The molecule has 0 atom stereocenters. The maximum absolute atomic E-state index is 14.2. The van der Waals surface area contributed by atoms with Crippen LogP contribution in [0.2, 0.25) is 0 Å². The molecule has 0 bridgehead atoms. The highest BCUT2D eigenvalue weighted by molar-refractivity contribution is 7.91. The molecule has 7 heteroatoms. The van der Waals surface area contributed by atoms with Gasteiger partial charge >= 0.3 is 8.60 Å². The lowest BCUT2D eigenvalue weighted by Crippen LogP contribution is -2.09. The summed E-state index contributed by atoms with van der Waals surface area (Å²) in [5.41, 5.74) is 8.13. The highest BCUT2D eigenvalue weighted by Crippen LogP contribution is 2.50. The van der Waals surface area contributed by atoms with E-state index < -0.39 is 18.4 Å². The molecule has 0 heterocycles. The first-order chi connectivity index (χ1) is 27.3. The number of para-hydroxylation sites is 1. The van der Waals surface area contributed by atoms with Crippen molar-refractivity contribution in [1.29, 1.82) is 0 Å². The van der Waals surface area contributed by atoms with Gasteiger partial charge in [-0.1, -0.05) is 137 Å². The molecule has 0 aliphatic rings. The summed E-state index contributed by atoms with van der Waals surface area (Å²) in [5, 5.41) is 4.58. The van der Waals surface area contributed by atoms with Crippen LogP contribution in [0.1, 0.15) is 158 Å². The predicted octanol–water partition coefficient (Wildman–Crippen LogP) is 15.6. The van der Waals surface area contributed by atoms with E-state index in [-0.39, 0.29) is 39.2 Å². The van der Waals surface area contributed by atoms with Crippen molar-refractivity contribution in [3.63, 3.8) is 0 Å². The molecule has 0 saturated carbocycles.